The topological polar surface area (TPSA) is 66.7 Å². The second-order valence-electron chi connectivity index (χ2n) is 6.77. The molecule has 0 spiro atoms. The molecule has 1 aromatic carbocycles. The number of rotatable bonds is 12. The molecule has 0 unspecified atom stereocenters. The van der Waals surface area contributed by atoms with Gasteiger partial charge in [-0.1, -0.05) is 30.3 Å². The lowest BCUT2D eigenvalue weighted by atomic mass is 10.1. The van der Waals surface area contributed by atoms with Crippen LogP contribution in [0.1, 0.15) is 17.8 Å². The number of likely N-dealkylation sites (N-methyl/N-ethyl adjacent to an activating group) is 1. The van der Waals surface area contributed by atoms with Crippen molar-refractivity contribution in [2.75, 3.05) is 47.4 Å². The first-order valence-electron chi connectivity index (χ1n) is 9.89. The van der Waals surface area contributed by atoms with Gasteiger partial charge in [0.1, 0.15) is 5.82 Å². The number of nitrogens with zero attached hydrogens (tertiary/aromatic N) is 4. The summed E-state index contributed by atoms with van der Waals surface area (Å²) in [5, 5.41) is 6.71. The van der Waals surface area contributed by atoms with E-state index in [1.165, 1.54) is 5.56 Å². The lowest BCUT2D eigenvalue weighted by molar-refractivity contribution is 0.180. The highest BCUT2D eigenvalue weighted by Crippen LogP contribution is 2.04. The summed E-state index contributed by atoms with van der Waals surface area (Å²) in [6.45, 7) is 5.19. The van der Waals surface area contributed by atoms with E-state index in [0.29, 0.717) is 6.54 Å². The van der Waals surface area contributed by atoms with E-state index >= 15 is 0 Å². The van der Waals surface area contributed by atoms with Crippen molar-refractivity contribution in [1.82, 2.24) is 25.1 Å². The molecule has 1 aromatic heterocycles. The fraction of sp³-hybridized carbons (Fsp3) is 0.524. The maximum atomic E-state index is 5.09. The summed E-state index contributed by atoms with van der Waals surface area (Å²) in [5.74, 6) is 1.80. The molecule has 0 radical (unpaired) electrons. The van der Waals surface area contributed by atoms with Gasteiger partial charge in [-0.2, -0.15) is 0 Å². The summed E-state index contributed by atoms with van der Waals surface area (Å²) < 4.78 is 7.28. The summed E-state index contributed by atoms with van der Waals surface area (Å²) in [6.07, 6.45) is 5.93. The van der Waals surface area contributed by atoms with E-state index in [1.54, 1.807) is 14.2 Å². The number of ether oxygens (including phenoxy) is 1. The van der Waals surface area contributed by atoms with Gasteiger partial charge >= 0.3 is 0 Å². The van der Waals surface area contributed by atoms with E-state index in [1.807, 2.05) is 18.5 Å². The number of nitrogens with one attached hydrogen (secondary N) is 2. The molecule has 0 bridgehead atoms. The highest BCUT2D eigenvalue weighted by atomic mass is 16.5. The molecule has 0 amide bonds. The Morgan fingerprint density at radius 1 is 1.21 bits per heavy atom. The van der Waals surface area contributed by atoms with Crippen LogP contribution in [0, 0.1) is 0 Å². The standard InChI is InChI=1S/C21H34N6O/c1-22-21(24-11-15-26(2)13-7-17-28-3)25-18-20-23-12-16-27(20)14-10-19-8-5-4-6-9-19/h4-6,8-9,12,16H,7,10-11,13-15,17-18H2,1-3H3,(H2,22,24,25). The lowest BCUT2D eigenvalue weighted by Crippen LogP contribution is -2.41. The minimum atomic E-state index is 0.644. The summed E-state index contributed by atoms with van der Waals surface area (Å²) in [4.78, 5) is 11.1. The Kier molecular flexibility index (Phi) is 10.1. The Morgan fingerprint density at radius 3 is 2.79 bits per heavy atom. The Morgan fingerprint density at radius 2 is 2.04 bits per heavy atom. The summed E-state index contributed by atoms with van der Waals surface area (Å²) in [6, 6.07) is 10.5. The van der Waals surface area contributed by atoms with Gasteiger partial charge in [-0.3, -0.25) is 4.99 Å². The van der Waals surface area contributed by atoms with Gasteiger partial charge in [-0.05, 0) is 25.5 Å². The van der Waals surface area contributed by atoms with Crippen molar-refractivity contribution in [3.8, 4) is 0 Å². The van der Waals surface area contributed by atoms with Crippen molar-refractivity contribution in [3.05, 3.63) is 54.1 Å². The molecular formula is C21H34N6O. The molecule has 0 fully saturated rings. The van der Waals surface area contributed by atoms with Gasteiger partial charge in [0.15, 0.2) is 5.96 Å². The van der Waals surface area contributed by atoms with Gasteiger partial charge in [-0.25, -0.2) is 4.98 Å². The Labute approximate surface area is 168 Å². The van der Waals surface area contributed by atoms with Gasteiger partial charge in [0.25, 0.3) is 0 Å². The first-order chi connectivity index (χ1) is 13.7. The first-order valence-corrected chi connectivity index (χ1v) is 9.89. The molecule has 0 aliphatic heterocycles. The van der Waals surface area contributed by atoms with Crippen LogP contribution in [0.15, 0.2) is 47.7 Å². The van der Waals surface area contributed by atoms with Gasteiger partial charge in [-0.15, -0.1) is 0 Å². The van der Waals surface area contributed by atoms with E-state index < -0.39 is 0 Å². The first kappa shape index (κ1) is 21.9. The maximum Gasteiger partial charge on any atom is 0.191 e. The molecule has 28 heavy (non-hydrogen) atoms. The number of imidazole rings is 1. The fourth-order valence-electron chi connectivity index (χ4n) is 2.94. The van der Waals surface area contributed by atoms with Gasteiger partial charge in [0.2, 0.25) is 0 Å². The summed E-state index contributed by atoms with van der Waals surface area (Å²) in [7, 11) is 5.65. The van der Waals surface area contributed by atoms with E-state index in [2.05, 4.69) is 61.4 Å². The van der Waals surface area contributed by atoms with Crippen LogP contribution < -0.4 is 10.6 Å². The molecule has 7 nitrogen and oxygen atoms in total. The molecule has 7 heteroatoms. The quantitative estimate of drug-likeness (QED) is 0.331. The fourth-order valence-corrected chi connectivity index (χ4v) is 2.94. The van der Waals surface area contributed by atoms with Crippen LogP contribution in [0.5, 0.6) is 0 Å². The van der Waals surface area contributed by atoms with Crippen LogP contribution in [0.3, 0.4) is 0 Å². The zero-order valence-corrected chi connectivity index (χ0v) is 17.4. The normalized spacial score (nSPS) is 11.8. The lowest BCUT2D eigenvalue weighted by Gasteiger charge is -2.18. The molecule has 154 valence electrons. The third-order valence-corrected chi connectivity index (χ3v) is 4.60. The zero-order valence-electron chi connectivity index (χ0n) is 17.4. The number of aromatic nitrogens is 2. The van der Waals surface area contributed by atoms with E-state index in [0.717, 1.165) is 57.4 Å². The molecule has 0 saturated carbocycles. The predicted octanol–water partition coefficient (Wildman–Crippen LogP) is 1.76. The van der Waals surface area contributed by atoms with Crippen molar-refractivity contribution in [2.45, 2.75) is 25.9 Å². The molecule has 1 heterocycles. The van der Waals surface area contributed by atoms with Crippen LogP contribution in [-0.4, -0.2) is 67.9 Å². The number of hydrogen-bond acceptors (Lipinski definition) is 4. The number of hydrogen-bond donors (Lipinski definition) is 2. The monoisotopic (exact) mass is 386 g/mol. The number of aliphatic imine (C=N–C) groups is 1. The van der Waals surface area contributed by atoms with Crippen LogP contribution in [0.4, 0.5) is 0 Å². The highest BCUT2D eigenvalue weighted by molar-refractivity contribution is 5.79. The maximum absolute atomic E-state index is 5.09. The second-order valence-corrected chi connectivity index (χ2v) is 6.77. The Balaban J connectivity index is 1.71. The minimum absolute atomic E-state index is 0.644. The Bertz CT molecular complexity index is 685. The van der Waals surface area contributed by atoms with Gasteiger partial charge in [0, 0.05) is 59.3 Å². The largest absolute Gasteiger partial charge is 0.385 e. The third kappa shape index (κ3) is 8.10. The Hall–Kier alpha value is -2.38. The third-order valence-electron chi connectivity index (χ3n) is 4.60. The zero-order chi connectivity index (χ0) is 20.0. The van der Waals surface area contributed by atoms with Crippen molar-refractivity contribution in [1.29, 1.82) is 0 Å². The van der Waals surface area contributed by atoms with Crippen molar-refractivity contribution < 1.29 is 4.74 Å². The second kappa shape index (κ2) is 12.9. The van der Waals surface area contributed by atoms with E-state index in [9.17, 15) is 0 Å². The molecule has 0 saturated heterocycles. The molecule has 2 rings (SSSR count). The molecule has 2 aromatic rings. The predicted molar refractivity (Wildman–Crippen MR) is 115 cm³/mol. The molecular weight excluding hydrogens is 352 g/mol. The van der Waals surface area contributed by atoms with Crippen molar-refractivity contribution in [3.63, 3.8) is 0 Å². The van der Waals surface area contributed by atoms with Gasteiger partial charge < -0.3 is 24.8 Å². The smallest absolute Gasteiger partial charge is 0.191 e. The van der Waals surface area contributed by atoms with E-state index in [-0.39, 0.29) is 0 Å². The number of guanidine groups is 1. The van der Waals surface area contributed by atoms with Gasteiger partial charge in [0.05, 0.1) is 6.54 Å². The van der Waals surface area contributed by atoms with Crippen LogP contribution in [-0.2, 0) is 24.2 Å². The number of methoxy groups -OCH3 is 1. The minimum Gasteiger partial charge on any atom is -0.385 e. The van der Waals surface area contributed by atoms with Crippen molar-refractivity contribution >= 4 is 5.96 Å². The molecule has 0 aliphatic carbocycles. The molecule has 0 aliphatic rings. The number of benzene rings is 1. The number of aryl methyl sites for hydroxylation is 2. The SMILES string of the molecule is CN=C(NCCN(C)CCCOC)NCc1nccn1CCc1ccccc1. The molecule has 0 atom stereocenters. The van der Waals surface area contributed by atoms with Crippen LogP contribution in [0.25, 0.3) is 0 Å². The highest BCUT2D eigenvalue weighted by Gasteiger charge is 2.05. The average molecular weight is 387 g/mol. The van der Waals surface area contributed by atoms with Crippen molar-refractivity contribution in [2.24, 2.45) is 4.99 Å². The molecule has 2 N–H and O–H groups in total. The van der Waals surface area contributed by atoms with Crippen LogP contribution in [0.2, 0.25) is 0 Å². The summed E-state index contributed by atoms with van der Waals surface area (Å²) in [5.41, 5.74) is 1.34. The van der Waals surface area contributed by atoms with Crippen LogP contribution >= 0.6 is 0 Å². The van der Waals surface area contributed by atoms with E-state index in [4.69, 9.17) is 4.74 Å². The summed E-state index contributed by atoms with van der Waals surface area (Å²) >= 11 is 0. The average Bonchev–Trinajstić information content (AvgIpc) is 3.17.